The van der Waals surface area contributed by atoms with Gasteiger partial charge in [0, 0.05) is 18.7 Å². The highest BCUT2D eigenvalue weighted by atomic mass is 127. The molecule has 22 heavy (non-hydrogen) atoms. The van der Waals surface area contributed by atoms with Gasteiger partial charge in [0.05, 0.1) is 15.2 Å². The van der Waals surface area contributed by atoms with Gasteiger partial charge >= 0.3 is 0 Å². The van der Waals surface area contributed by atoms with E-state index >= 15 is 0 Å². The average Bonchev–Trinajstić information content (AvgIpc) is 2.48. The van der Waals surface area contributed by atoms with Crippen LogP contribution in [0.3, 0.4) is 0 Å². The molecule has 1 aliphatic heterocycles. The van der Waals surface area contributed by atoms with Crippen molar-refractivity contribution in [2.24, 2.45) is 0 Å². The summed E-state index contributed by atoms with van der Waals surface area (Å²) < 4.78 is 33.4. The minimum Gasteiger partial charge on any atom is -0.481 e. The summed E-state index contributed by atoms with van der Waals surface area (Å²) in [7, 11) is 0. The van der Waals surface area contributed by atoms with Crippen molar-refractivity contribution in [3.05, 3.63) is 35.4 Å². The molecule has 2 rings (SSSR count). The van der Waals surface area contributed by atoms with Gasteiger partial charge in [-0.15, -0.1) is 6.42 Å². The van der Waals surface area contributed by atoms with Gasteiger partial charge in [-0.1, -0.05) is 34.6 Å². The summed E-state index contributed by atoms with van der Waals surface area (Å²) in [4.78, 5) is 13.5. The van der Waals surface area contributed by atoms with Gasteiger partial charge in [0.15, 0.2) is 0 Å². The fraction of sp³-hybridized carbons (Fsp3) is 0.312. The van der Waals surface area contributed by atoms with Gasteiger partial charge in [0.2, 0.25) is 5.91 Å². The summed E-state index contributed by atoms with van der Waals surface area (Å²) in [6.07, 6.45) is 7.18. The molecule has 0 aromatic heterocycles. The van der Waals surface area contributed by atoms with Gasteiger partial charge < -0.3 is 9.64 Å². The zero-order chi connectivity index (χ0) is 16.3. The van der Waals surface area contributed by atoms with Gasteiger partial charge in [0.25, 0.3) is 0 Å². The first-order valence-electron chi connectivity index (χ1n) is 6.70. The molecule has 6 heteroatoms. The predicted molar refractivity (Wildman–Crippen MR) is 88.5 cm³/mol. The molecule has 0 spiro atoms. The van der Waals surface area contributed by atoms with Crippen molar-refractivity contribution in [2.75, 3.05) is 13.2 Å². The predicted octanol–water partition coefficient (Wildman–Crippen LogP) is 3.37. The lowest BCUT2D eigenvalue weighted by Gasteiger charge is -2.30. The van der Waals surface area contributed by atoms with Crippen molar-refractivity contribution in [3.63, 3.8) is 0 Å². The van der Waals surface area contributed by atoms with Crippen LogP contribution >= 0.6 is 22.6 Å². The number of benzene rings is 1. The lowest BCUT2D eigenvalue weighted by atomic mass is 10.0. The number of halogens is 3. The zero-order valence-electron chi connectivity index (χ0n) is 11.9. The minimum absolute atomic E-state index is 0.0225. The Morgan fingerprint density at radius 1 is 1.45 bits per heavy atom. The summed E-state index contributed by atoms with van der Waals surface area (Å²) >= 11 is 2.03. The quantitative estimate of drug-likeness (QED) is 0.427. The zero-order valence-corrected chi connectivity index (χ0v) is 14.1. The number of alkyl halides is 1. The molecule has 0 saturated carbocycles. The van der Waals surface area contributed by atoms with E-state index in [9.17, 15) is 13.6 Å². The number of ether oxygens (including phenoxy) is 1. The van der Waals surface area contributed by atoms with Crippen LogP contribution in [0.5, 0.6) is 5.75 Å². The van der Waals surface area contributed by atoms with Crippen molar-refractivity contribution in [3.8, 4) is 18.1 Å². The van der Waals surface area contributed by atoms with E-state index in [4.69, 9.17) is 11.2 Å². The highest BCUT2D eigenvalue weighted by Crippen LogP contribution is 2.33. The topological polar surface area (TPSA) is 29.5 Å². The molecule has 1 atom stereocenters. The molecule has 0 saturated heterocycles. The molecule has 1 heterocycles. The monoisotopic (exact) mass is 417 g/mol. The van der Waals surface area contributed by atoms with E-state index in [-0.39, 0.29) is 33.4 Å². The largest absolute Gasteiger partial charge is 0.481 e. The van der Waals surface area contributed by atoms with Gasteiger partial charge in [-0.2, -0.15) is 0 Å². The van der Waals surface area contributed by atoms with Crippen LogP contribution in [0.15, 0.2) is 18.2 Å². The Hall–Kier alpha value is -1.62. The third-order valence-corrected chi connectivity index (χ3v) is 4.29. The number of carbonyl (C=O) groups is 1. The van der Waals surface area contributed by atoms with Crippen LogP contribution in [-0.4, -0.2) is 27.9 Å². The summed E-state index contributed by atoms with van der Waals surface area (Å²) in [5, 5.41) is 0. The van der Waals surface area contributed by atoms with Crippen LogP contribution in [-0.2, 0) is 4.79 Å². The van der Waals surface area contributed by atoms with Crippen LogP contribution in [0.1, 0.15) is 18.9 Å². The molecule has 1 aliphatic rings. The first kappa shape index (κ1) is 16.7. The van der Waals surface area contributed by atoms with Crippen molar-refractivity contribution >= 4 is 34.2 Å². The second-order valence-electron chi connectivity index (χ2n) is 4.63. The number of amides is 1. The standard InChI is InChI=1S/C16H14F2INO2/c1-3-7-22-10-8-11(17)15(12(18)9-10)14-6-5-13(19)16(21)20(14)4-2/h1,6,8-9,13H,4-5,7H2,2H3. The Morgan fingerprint density at radius 2 is 2.09 bits per heavy atom. The van der Waals surface area contributed by atoms with E-state index in [2.05, 4.69) is 5.92 Å². The molecule has 0 fully saturated rings. The van der Waals surface area contributed by atoms with Crippen molar-refractivity contribution in [2.45, 2.75) is 17.3 Å². The van der Waals surface area contributed by atoms with Crippen LogP contribution < -0.4 is 4.74 Å². The lowest BCUT2D eigenvalue weighted by molar-refractivity contribution is -0.127. The van der Waals surface area contributed by atoms with E-state index in [1.165, 1.54) is 4.90 Å². The van der Waals surface area contributed by atoms with Gasteiger partial charge in [-0.05, 0) is 13.3 Å². The second-order valence-corrected chi connectivity index (χ2v) is 6.13. The Labute approximate surface area is 141 Å². The number of carbonyl (C=O) groups excluding carboxylic acids is 1. The van der Waals surface area contributed by atoms with Crippen LogP contribution in [0.2, 0.25) is 0 Å². The van der Waals surface area contributed by atoms with Gasteiger partial charge in [0.1, 0.15) is 24.0 Å². The first-order chi connectivity index (χ1) is 10.5. The number of hydrogen-bond acceptors (Lipinski definition) is 2. The molecular formula is C16H14F2INO2. The lowest BCUT2D eigenvalue weighted by Crippen LogP contribution is -2.38. The van der Waals surface area contributed by atoms with E-state index in [0.717, 1.165) is 12.1 Å². The molecule has 116 valence electrons. The van der Waals surface area contributed by atoms with Gasteiger partial charge in [-0.3, -0.25) is 4.79 Å². The molecule has 0 aliphatic carbocycles. The maximum absolute atomic E-state index is 14.3. The number of terminal acetylenes is 1. The normalized spacial score (nSPS) is 18.0. The molecule has 1 aromatic rings. The number of rotatable bonds is 4. The molecule has 0 N–H and O–H groups in total. The van der Waals surface area contributed by atoms with E-state index in [1.54, 1.807) is 13.0 Å². The van der Waals surface area contributed by atoms with Gasteiger partial charge in [-0.25, -0.2) is 8.78 Å². The summed E-state index contributed by atoms with van der Waals surface area (Å²) in [5.74, 6) is 0.542. The third-order valence-electron chi connectivity index (χ3n) is 3.25. The maximum Gasteiger partial charge on any atom is 0.240 e. The molecule has 1 amide bonds. The first-order valence-corrected chi connectivity index (χ1v) is 7.95. The summed E-state index contributed by atoms with van der Waals surface area (Å²) in [6, 6.07) is 2.15. The third kappa shape index (κ3) is 3.24. The maximum atomic E-state index is 14.3. The van der Waals surface area contributed by atoms with Crippen LogP contribution in [0.25, 0.3) is 5.70 Å². The van der Waals surface area contributed by atoms with Crippen LogP contribution in [0, 0.1) is 24.0 Å². The smallest absolute Gasteiger partial charge is 0.240 e. The molecule has 1 aromatic carbocycles. The molecular weight excluding hydrogens is 403 g/mol. The Morgan fingerprint density at radius 3 is 2.64 bits per heavy atom. The SMILES string of the molecule is C#CCOc1cc(F)c(C2=CCC(I)C(=O)N2CC)c(F)c1. The van der Waals surface area contributed by atoms with Crippen molar-refractivity contribution < 1.29 is 18.3 Å². The fourth-order valence-electron chi connectivity index (χ4n) is 2.28. The fourth-order valence-corrected chi connectivity index (χ4v) is 2.87. The molecule has 1 unspecified atom stereocenters. The highest BCUT2D eigenvalue weighted by Gasteiger charge is 2.31. The minimum atomic E-state index is -0.781. The van der Waals surface area contributed by atoms with Crippen molar-refractivity contribution in [1.29, 1.82) is 0 Å². The average molecular weight is 417 g/mol. The van der Waals surface area contributed by atoms with Crippen LogP contribution in [0.4, 0.5) is 8.78 Å². The highest BCUT2D eigenvalue weighted by molar-refractivity contribution is 14.1. The number of allylic oxidation sites excluding steroid dienone is 1. The van der Waals surface area contributed by atoms with E-state index in [0.29, 0.717) is 13.0 Å². The Bertz CT molecular complexity index is 644. The van der Waals surface area contributed by atoms with E-state index in [1.807, 2.05) is 22.6 Å². The summed E-state index contributed by atoms with van der Waals surface area (Å²) in [6.45, 7) is 2.04. The van der Waals surface area contributed by atoms with E-state index < -0.39 is 11.6 Å². The number of nitrogens with zero attached hydrogens (tertiary/aromatic N) is 1. The van der Waals surface area contributed by atoms with Crippen molar-refractivity contribution in [1.82, 2.24) is 4.90 Å². The Kier molecular flexibility index (Phi) is 5.40. The molecule has 0 radical (unpaired) electrons. The second kappa shape index (κ2) is 7.09. The Balaban J connectivity index is 2.44. The molecule has 3 nitrogen and oxygen atoms in total. The number of hydrogen-bond donors (Lipinski definition) is 0. The molecule has 0 bridgehead atoms. The summed E-state index contributed by atoms with van der Waals surface area (Å²) in [5.41, 5.74) is 0.0467.